The summed E-state index contributed by atoms with van der Waals surface area (Å²) in [5.41, 5.74) is 0. The van der Waals surface area contributed by atoms with Gasteiger partial charge in [0.05, 0.1) is 19.8 Å². The molecule has 0 saturated heterocycles. The van der Waals surface area contributed by atoms with E-state index < -0.39 is 0 Å². The summed E-state index contributed by atoms with van der Waals surface area (Å²) in [5.74, 6) is 7.21. The van der Waals surface area contributed by atoms with Gasteiger partial charge in [-0.1, -0.05) is 39.5 Å². The number of rotatable bonds is 15. The van der Waals surface area contributed by atoms with Crippen molar-refractivity contribution in [2.24, 2.45) is 11.8 Å². The second kappa shape index (κ2) is 17.7. The van der Waals surface area contributed by atoms with Crippen molar-refractivity contribution in [1.29, 1.82) is 0 Å². The third kappa shape index (κ3) is 19.1. The molecule has 1 amide bonds. The van der Waals surface area contributed by atoms with E-state index in [-0.39, 0.29) is 5.91 Å². The smallest absolute Gasteiger partial charge is 0.220 e. The van der Waals surface area contributed by atoms with Gasteiger partial charge < -0.3 is 19.5 Å². The Hall–Kier alpha value is -1.09. The van der Waals surface area contributed by atoms with Gasteiger partial charge in [-0.05, 0) is 25.2 Å². The molecular weight excluding hydrogens is 318 g/mol. The van der Waals surface area contributed by atoms with Crippen molar-refractivity contribution in [2.45, 2.75) is 53.4 Å². The molecule has 0 aliphatic heterocycles. The van der Waals surface area contributed by atoms with Crippen molar-refractivity contribution in [1.82, 2.24) is 5.32 Å². The molecular formula is C20H37NO4. The Morgan fingerprint density at radius 2 is 1.72 bits per heavy atom. The lowest BCUT2D eigenvalue weighted by molar-refractivity contribution is -0.121. The summed E-state index contributed by atoms with van der Waals surface area (Å²) in [5, 5.41) is 2.83. The maximum absolute atomic E-state index is 11.6. The van der Waals surface area contributed by atoms with Gasteiger partial charge in [0.25, 0.3) is 0 Å². The molecule has 0 aromatic rings. The van der Waals surface area contributed by atoms with Gasteiger partial charge in [0.15, 0.2) is 0 Å². The van der Waals surface area contributed by atoms with E-state index in [4.69, 9.17) is 14.2 Å². The maximum atomic E-state index is 11.6. The van der Waals surface area contributed by atoms with E-state index in [9.17, 15) is 4.79 Å². The van der Waals surface area contributed by atoms with Crippen molar-refractivity contribution >= 4 is 5.91 Å². The van der Waals surface area contributed by atoms with Crippen LogP contribution in [0.3, 0.4) is 0 Å². The normalized spacial score (nSPS) is 11.9. The van der Waals surface area contributed by atoms with Gasteiger partial charge in [0.2, 0.25) is 5.91 Å². The van der Waals surface area contributed by atoms with Crippen molar-refractivity contribution in [3.8, 4) is 11.8 Å². The summed E-state index contributed by atoms with van der Waals surface area (Å²) >= 11 is 0. The highest BCUT2D eigenvalue weighted by Crippen LogP contribution is 1.98. The molecule has 1 atom stereocenters. The highest BCUT2D eigenvalue weighted by molar-refractivity contribution is 5.75. The molecule has 1 N–H and O–H groups in total. The van der Waals surface area contributed by atoms with Gasteiger partial charge in [-0.3, -0.25) is 4.79 Å². The molecule has 0 bridgehead atoms. The van der Waals surface area contributed by atoms with Gasteiger partial charge in [0.1, 0.15) is 6.61 Å². The van der Waals surface area contributed by atoms with Crippen LogP contribution in [0.4, 0.5) is 0 Å². The van der Waals surface area contributed by atoms with E-state index >= 15 is 0 Å². The van der Waals surface area contributed by atoms with E-state index in [1.807, 2.05) is 0 Å². The Morgan fingerprint density at radius 3 is 2.40 bits per heavy atom. The monoisotopic (exact) mass is 355 g/mol. The summed E-state index contributed by atoms with van der Waals surface area (Å²) in [6.07, 6.45) is 3.33. The first-order chi connectivity index (χ1) is 12.1. The minimum Gasteiger partial charge on any atom is -0.379 e. The summed E-state index contributed by atoms with van der Waals surface area (Å²) < 4.78 is 16.3. The molecule has 0 fully saturated rings. The number of hydrogen-bond donors (Lipinski definition) is 1. The lowest BCUT2D eigenvalue weighted by Gasteiger charge is -2.07. The minimum absolute atomic E-state index is 0.0334. The zero-order valence-corrected chi connectivity index (χ0v) is 16.6. The van der Waals surface area contributed by atoms with Crippen LogP contribution in [0.15, 0.2) is 0 Å². The highest BCUT2D eigenvalue weighted by Gasteiger charge is 2.00. The molecule has 0 aliphatic carbocycles. The molecule has 1 unspecified atom stereocenters. The number of carbonyl (C=O) groups excluding carboxylic acids is 1. The summed E-state index contributed by atoms with van der Waals surface area (Å²) in [7, 11) is 0. The predicted octanol–water partition coefficient (Wildman–Crippen LogP) is 3.03. The second-order valence-corrected chi connectivity index (χ2v) is 6.54. The molecule has 0 rings (SSSR count). The molecule has 25 heavy (non-hydrogen) atoms. The van der Waals surface area contributed by atoms with Gasteiger partial charge in [-0.15, -0.1) is 0 Å². The molecule has 0 saturated carbocycles. The fraction of sp³-hybridized carbons (Fsp3) is 0.850. The number of hydrogen-bond acceptors (Lipinski definition) is 4. The van der Waals surface area contributed by atoms with Crippen molar-refractivity contribution in [2.75, 3.05) is 46.2 Å². The van der Waals surface area contributed by atoms with Crippen molar-refractivity contribution in [3.05, 3.63) is 0 Å². The van der Waals surface area contributed by atoms with Gasteiger partial charge >= 0.3 is 0 Å². The average molecular weight is 356 g/mol. The zero-order valence-electron chi connectivity index (χ0n) is 16.6. The Balaban J connectivity index is 3.29. The number of ether oxygens (including phenoxy) is 3. The molecule has 5 nitrogen and oxygen atoms in total. The maximum Gasteiger partial charge on any atom is 0.220 e. The Kier molecular flexibility index (Phi) is 17.0. The SMILES string of the molecule is CCC(C)C#CCOCCNC(=O)CCCOCCOCCC(C)C. The number of nitrogens with one attached hydrogen (secondary N) is 1. The topological polar surface area (TPSA) is 56.8 Å². The standard InChI is InChI=1S/C20H37NO4/c1-5-19(4)8-6-12-23-15-11-21-20(22)9-7-13-24-16-17-25-14-10-18(2)3/h18-19H,5,7,9-17H2,1-4H3,(H,21,22). The fourth-order valence-electron chi connectivity index (χ4n) is 1.77. The van der Waals surface area contributed by atoms with E-state index in [1.165, 1.54) is 0 Å². The van der Waals surface area contributed by atoms with E-state index in [1.54, 1.807) is 0 Å². The highest BCUT2D eigenvalue weighted by atomic mass is 16.5. The molecule has 5 heteroatoms. The van der Waals surface area contributed by atoms with Crippen molar-refractivity contribution < 1.29 is 19.0 Å². The Bertz CT molecular complexity index is 374. The van der Waals surface area contributed by atoms with Crippen LogP contribution in [-0.2, 0) is 19.0 Å². The Labute approximate surface area is 154 Å². The van der Waals surface area contributed by atoms with Crippen LogP contribution >= 0.6 is 0 Å². The molecule has 0 heterocycles. The van der Waals surface area contributed by atoms with Crippen LogP contribution in [0.2, 0.25) is 0 Å². The van der Waals surface area contributed by atoms with Crippen LogP contribution in [0.25, 0.3) is 0 Å². The number of carbonyl (C=O) groups is 1. The van der Waals surface area contributed by atoms with E-state index in [0.717, 1.165) is 25.9 Å². The summed E-state index contributed by atoms with van der Waals surface area (Å²) in [4.78, 5) is 11.6. The first-order valence-corrected chi connectivity index (χ1v) is 9.54. The van der Waals surface area contributed by atoms with Crippen LogP contribution < -0.4 is 5.32 Å². The molecule has 0 aromatic heterocycles. The summed E-state index contributed by atoms with van der Waals surface area (Å²) in [6.45, 7) is 12.6. The third-order valence-corrected chi connectivity index (χ3v) is 3.61. The van der Waals surface area contributed by atoms with Crippen LogP contribution in [0.1, 0.15) is 53.4 Å². The molecule has 146 valence electrons. The Morgan fingerprint density at radius 1 is 1.00 bits per heavy atom. The molecule has 0 spiro atoms. The number of amides is 1. The minimum atomic E-state index is 0.0334. The van der Waals surface area contributed by atoms with Crippen LogP contribution in [-0.4, -0.2) is 52.1 Å². The van der Waals surface area contributed by atoms with E-state index in [0.29, 0.717) is 57.8 Å². The van der Waals surface area contributed by atoms with Crippen LogP contribution in [0.5, 0.6) is 0 Å². The fourth-order valence-corrected chi connectivity index (χ4v) is 1.77. The lowest BCUT2D eigenvalue weighted by atomic mass is 10.1. The first kappa shape index (κ1) is 23.9. The molecule has 0 radical (unpaired) electrons. The molecule has 0 aromatic carbocycles. The second-order valence-electron chi connectivity index (χ2n) is 6.54. The van der Waals surface area contributed by atoms with E-state index in [2.05, 4.69) is 44.9 Å². The third-order valence-electron chi connectivity index (χ3n) is 3.61. The zero-order chi connectivity index (χ0) is 18.8. The first-order valence-electron chi connectivity index (χ1n) is 9.54. The van der Waals surface area contributed by atoms with Crippen LogP contribution in [0, 0.1) is 23.7 Å². The summed E-state index contributed by atoms with van der Waals surface area (Å²) in [6, 6.07) is 0. The predicted molar refractivity (Wildman–Crippen MR) is 101 cm³/mol. The largest absolute Gasteiger partial charge is 0.379 e. The van der Waals surface area contributed by atoms with Gasteiger partial charge in [-0.2, -0.15) is 0 Å². The lowest BCUT2D eigenvalue weighted by Crippen LogP contribution is -2.27. The average Bonchev–Trinajstić information content (AvgIpc) is 2.58. The van der Waals surface area contributed by atoms with Gasteiger partial charge in [-0.25, -0.2) is 0 Å². The molecule has 0 aliphatic rings. The van der Waals surface area contributed by atoms with Crippen molar-refractivity contribution in [3.63, 3.8) is 0 Å². The quantitative estimate of drug-likeness (QED) is 0.362. The van der Waals surface area contributed by atoms with Gasteiger partial charge in [0, 0.05) is 32.1 Å².